The summed E-state index contributed by atoms with van der Waals surface area (Å²) in [5.74, 6) is 1.22. The molecule has 3 fully saturated rings. The summed E-state index contributed by atoms with van der Waals surface area (Å²) in [6.07, 6.45) is 15.2. The molecule has 1 aromatic carbocycles. The molecule has 3 nitrogen and oxygen atoms in total. The van der Waals surface area contributed by atoms with Crippen LogP contribution >= 0.6 is 11.8 Å². The van der Waals surface area contributed by atoms with Crippen LogP contribution in [0, 0.1) is 11.3 Å². The Labute approximate surface area is 167 Å². The van der Waals surface area contributed by atoms with Crippen LogP contribution < -0.4 is 0 Å². The lowest BCUT2D eigenvalue weighted by Crippen LogP contribution is -2.50. The number of aryl methyl sites for hydroxylation is 1. The second-order valence-corrected chi connectivity index (χ2v) is 9.07. The van der Waals surface area contributed by atoms with E-state index in [1.807, 2.05) is 17.8 Å². The molecule has 0 bridgehead atoms. The smallest absolute Gasteiger partial charge is 0.165 e. The van der Waals surface area contributed by atoms with Gasteiger partial charge in [-0.1, -0.05) is 50.4 Å². The van der Waals surface area contributed by atoms with Crippen LogP contribution in [0.3, 0.4) is 0 Å². The van der Waals surface area contributed by atoms with E-state index in [0.29, 0.717) is 11.6 Å². The van der Waals surface area contributed by atoms with E-state index in [1.54, 1.807) is 6.08 Å². The van der Waals surface area contributed by atoms with Gasteiger partial charge in [-0.25, -0.2) is 4.99 Å². The summed E-state index contributed by atoms with van der Waals surface area (Å²) in [7, 11) is 0. The standard InChI is InChI=1S/C23H29N3S/c1-2-19-16-18(8-7-15-24)11-12-21(19)25-22-26(20-9-3-4-10-20)23(17-27-22)13-5-6-14-23/h7-8,11-12,16,20H,2-6,9-10,13-14,17H2,1H3/b8-7+,25-22+. The van der Waals surface area contributed by atoms with E-state index < -0.39 is 0 Å². The predicted octanol–water partition coefficient (Wildman–Crippen LogP) is 6.08. The fourth-order valence-corrected chi connectivity index (χ4v) is 6.56. The van der Waals surface area contributed by atoms with Gasteiger partial charge in [0.1, 0.15) is 0 Å². The fraction of sp³-hybridized carbons (Fsp3) is 0.565. The molecule has 142 valence electrons. The summed E-state index contributed by atoms with van der Waals surface area (Å²) in [4.78, 5) is 7.98. The molecule has 1 saturated heterocycles. The molecule has 1 heterocycles. The number of amidine groups is 1. The highest BCUT2D eigenvalue weighted by Gasteiger charge is 2.49. The molecule has 2 saturated carbocycles. The number of benzene rings is 1. The SMILES string of the molecule is CCc1cc(/C=C/C#N)ccc1/N=C1/SCC2(CCCC2)N1C1CCCC1. The third-order valence-corrected chi connectivity index (χ3v) is 7.69. The van der Waals surface area contributed by atoms with Crippen molar-refractivity contribution in [2.24, 2.45) is 4.99 Å². The van der Waals surface area contributed by atoms with Gasteiger partial charge in [-0.05, 0) is 61.4 Å². The van der Waals surface area contributed by atoms with Crippen LogP contribution in [0.1, 0.15) is 69.4 Å². The molecular weight excluding hydrogens is 350 g/mol. The maximum absolute atomic E-state index is 8.77. The van der Waals surface area contributed by atoms with Crippen LogP contribution in [0.25, 0.3) is 6.08 Å². The Kier molecular flexibility index (Phi) is 5.59. The van der Waals surface area contributed by atoms with Crippen LogP contribution in [0.4, 0.5) is 5.69 Å². The van der Waals surface area contributed by atoms with Gasteiger partial charge in [0.2, 0.25) is 0 Å². The summed E-state index contributed by atoms with van der Waals surface area (Å²) in [5, 5.41) is 10.0. The first-order valence-corrected chi connectivity index (χ1v) is 11.4. The molecule has 1 spiro atoms. The molecule has 0 N–H and O–H groups in total. The Hall–Kier alpha value is -1.73. The average Bonchev–Trinajstić information content (AvgIpc) is 3.44. The van der Waals surface area contributed by atoms with Gasteiger partial charge in [-0.15, -0.1) is 0 Å². The van der Waals surface area contributed by atoms with Crippen molar-refractivity contribution in [2.45, 2.75) is 76.3 Å². The Bertz CT molecular complexity index is 777. The van der Waals surface area contributed by atoms with Crippen LogP contribution in [0.5, 0.6) is 0 Å². The third kappa shape index (κ3) is 3.67. The molecule has 0 aromatic heterocycles. The lowest BCUT2D eigenvalue weighted by atomic mass is 9.95. The predicted molar refractivity (Wildman–Crippen MR) is 115 cm³/mol. The molecule has 2 aliphatic carbocycles. The first-order valence-electron chi connectivity index (χ1n) is 10.5. The van der Waals surface area contributed by atoms with E-state index >= 15 is 0 Å². The number of hydrogen-bond acceptors (Lipinski definition) is 3. The molecule has 0 unspecified atom stereocenters. The van der Waals surface area contributed by atoms with E-state index in [0.717, 1.165) is 17.7 Å². The van der Waals surface area contributed by atoms with Gasteiger partial charge in [0.05, 0.1) is 17.3 Å². The first-order chi connectivity index (χ1) is 13.3. The van der Waals surface area contributed by atoms with Crippen LogP contribution in [0.15, 0.2) is 29.3 Å². The summed E-state index contributed by atoms with van der Waals surface area (Å²) in [6, 6.07) is 9.16. The number of aliphatic imine (C=N–C) groups is 1. The highest BCUT2D eigenvalue weighted by Crippen LogP contribution is 2.48. The fourth-order valence-electron chi connectivity index (χ4n) is 5.09. The van der Waals surface area contributed by atoms with E-state index in [1.165, 1.54) is 67.9 Å². The number of rotatable bonds is 4. The van der Waals surface area contributed by atoms with Crippen LogP contribution in [-0.4, -0.2) is 27.4 Å². The van der Waals surface area contributed by atoms with Crippen molar-refractivity contribution in [1.82, 2.24) is 4.90 Å². The van der Waals surface area contributed by atoms with Gasteiger partial charge < -0.3 is 4.90 Å². The molecular formula is C23H29N3S. The Morgan fingerprint density at radius 1 is 1.26 bits per heavy atom. The number of thioether (sulfide) groups is 1. The van der Waals surface area contributed by atoms with Crippen molar-refractivity contribution in [3.63, 3.8) is 0 Å². The minimum atomic E-state index is 0.375. The second kappa shape index (κ2) is 8.10. The van der Waals surface area contributed by atoms with Crippen molar-refractivity contribution in [2.75, 3.05) is 5.75 Å². The summed E-state index contributed by atoms with van der Waals surface area (Å²) in [5.41, 5.74) is 3.82. The summed E-state index contributed by atoms with van der Waals surface area (Å²) >= 11 is 1.98. The zero-order valence-electron chi connectivity index (χ0n) is 16.3. The minimum Gasteiger partial charge on any atom is -0.342 e. The first kappa shape index (κ1) is 18.6. The molecule has 4 heteroatoms. The Balaban J connectivity index is 1.67. The van der Waals surface area contributed by atoms with Crippen LogP contribution in [0.2, 0.25) is 0 Å². The molecule has 4 rings (SSSR count). The molecule has 0 radical (unpaired) electrons. The topological polar surface area (TPSA) is 39.4 Å². The maximum atomic E-state index is 8.77. The summed E-state index contributed by atoms with van der Waals surface area (Å²) in [6.45, 7) is 2.19. The van der Waals surface area contributed by atoms with Crippen molar-refractivity contribution in [3.8, 4) is 6.07 Å². The molecule has 0 amide bonds. The van der Waals surface area contributed by atoms with E-state index in [9.17, 15) is 0 Å². The molecule has 27 heavy (non-hydrogen) atoms. The highest BCUT2D eigenvalue weighted by molar-refractivity contribution is 8.14. The van der Waals surface area contributed by atoms with Gasteiger partial charge in [-0.3, -0.25) is 0 Å². The molecule has 1 aliphatic heterocycles. The van der Waals surface area contributed by atoms with Crippen molar-refractivity contribution < 1.29 is 0 Å². The zero-order valence-corrected chi connectivity index (χ0v) is 17.1. The number of allylic oxidation sites excluding steroid dienone is 1. The Morgan fingerprint density at radius 2 is 2.04 bits per heavy atom. The largest absolute Gasteiger partial charge is 0.342 e. The molecule has 0 atom stereocenters. The van der Waals surface area contributed by atoms with Gasteiger partial charge in [-0.2, -0.15) is 5.26 Å². The normalized spacial score (nSPS) is 23.9. The van der Waals surface area contributed by atoms with Gasteiger partial charge in [0, 0.05) is 17.9 Å². The van der Waals surface area contributed by atoms with E-state index in [2.05, 4.69) is 36.1 Å². The third-order valence-electron chi connectivity index (χ3n) is 6.46. The van der Waals surface area contributed by atoms with Gasteiger partial charge in [0.25, 0.3) is 0 Å². The number of hydrogen-bond donors (Lipinski definition) is 0. The van der Waals surface area contributed by atoms with Crippen molar-refractivity contribution >= 4 is 28.7 Å². The van der Waals surface area contributed by atoms with E-state index in [4.69, 9.17) is 10.3 Å². The van der Waals surface area contributed by atoms with E-state index in [-0.39, 0.29) is 0 Å². The molecule has 1 aromatic rings. The second-order valence-electron chi connectivity index (χ2n) is 8.13. The quantitative estimate of drug-likeness (QED) is 0.595. The monoisotopic (exact) mass is 379 g/mol. The van der Waals surface area contributed by atoms with Crippen molar-refractivity contribution in [1.29, 1.82) is 5.26 Å². The zero-order chi connectivity index (χ0) is 18.7. The maximum Gasteiger partial charge on any atom is 0.165 e. The lowest BCUT2D eigenvalue weighted by Gasteiger charge is -2.40. The molecule has 3 aliphatic rings. The summed E-state index contributed by atoms with van der Waals surface area (Å²) < 4.78 is 0. The van der Waals surface area contributed by atoms with Gasteiger partial charge in [0.15, 0.2) is 5.17 Å². The van der Waals surface area contributed by atoms with Crippen molar-refractivity contribution in [3.05, 3.63) is 35.4 Å². The van der Waals surface area contributed by atoms with Crippen LogP contribution in [-0.2, 0) is 6.42 Å². The number of nitriles is 1. The average molecular weight is 380 g/mol. The lowest BCUT2D eigenvalue weighted by molar-refractivity contribution is 0.163. The van der Waals surface area contributed by atoms with Gasteiger partial charge >= 0.3 is 0 Å². The minimum absolute atomic E-state index is 0.375. The Morgan fingerprint density at radius 3 is 2.74 bits per heavy atom. The number of nitrogens with zero attached hydrogens (tertiary/aromatic N) is 3. The highest BCUT2D eigenvalue weighted by atomic mass is 32.2.